The zero-order chi connectivity index (χ0) is 40.9. The predicted molar refractivity (Wildman–Crippen MR) is 203 cm³/mol. The lowest BCUT2D eigenvalue weighted by molar-refractivity contribution is 0.669. The predicted octanol–water partition coefficient (Wildman–Crippen LogP) is 11.5. The number of hydrogen-bond acceptors (Lipinski definition) is 4. The molecule has 7 aromatic carbocycles. The summed E-state index contributed by atoms with van der Waals surface area (Å²) >= 11 is 0. The lowest BCUT2D eigenvalue weighted by atomic mass is 10.0. The highest BCUT2D eigenvalue weighted by atomic mass is 16.3. The minimum atomic E-state index is -0.534. The van der Waals surface area contributed by atoms with Gasteiger partial charge in [0.25, 0.3) is 0 Å². The van der Waals surface area contributed by atoms with Crippen LogP contribution in [0.4, 0.5) is 0 Å². The Kier molecular flexibility index (Phi) is 4.67. The highest BCUT2D eigenvalue weighted by Gasteiger charge is 2.18. The minimum Gasteiger partial charge on any atom is -0.456 e. The van der Waals surface area contributed by atoms with Gasteiger partial charge in [-0.2, -0.15) is 0 Å². The Labute approximate surface area is 300 Å². The highest BCUT2D eigenvalue weighted by Crippen LogP contribution is 2.39. The third-order valence-electron chi connectivity index (χ3n) is 8.86. The average molecular weight is 650 g/mol. The molecule has 0 radical (unpaired) electrons. The van der Waals surface area contributed by atoms with Crippen LogP contribution in [0.15, 0.2) is 174 Å². The maximum Gasteiger partial charge on any atom is 0.164 e. The number of nitrogens with zero attached hydrogens (tertiary/aromatic N) is 4. The van der Waals surface area contributed by atoms with E-state index in [4.69, 9.17) is 31.7 Å². The Morgan fingerprint density at radius 2 is 1.12 bits per heavy atom. The molecular formula is C45H28N4O. The second-order valence-electron chi connectivity index (χ2n) is 11.8. The molecule has 50 heavy (non-hydrogen) atoms. The van der Waals surface area contributed by atoms with Crippen LogP contribution in [0.5, 0.6) is 0 Å². The molecule has 5 heteroatoms. The second kappa shape index (κ2) is 11.4. The topological polar surface area (TPSA) is 56.7 Å². The summed E-state index contributed by atoms with van der Waals surface area (Å²) in [4.78, 5) is 14.8. The number of para-hydroxylation sites is 3. The van der Waals surface area contributed by atoms with E-state index in [1.54, 1.807) is 41.0 Å². The fourth-order valence-electron chi connectivity index (χ4n) is 6.61. The number of aromatic nitrogens is 4. The summed E-state index contributed by atoms with van der Waals surface area (Å²) in [6, 6.07) is 31.6. The number of furan rings is 1. The van der Waals surface area contributed by atoms with Gasteiger partial charge >= 0.3 is 0 Å². The average Bonchev–Trinajstić information content (AvgIpc) is 3.83. The Balaban J connectivity index is 1.24. The van der Waals surface area contributed by atoms with Crippen LogP contribution in [0, 0.1) is 0 Å². The molecule has 0 N–H and O–H groups in total. The van der Waals surface area contributed by atoms with Gasteiger partial charge in [-0.25, -0.2) is 15.0 Å². The summed E-state index contributed by atoms with van der Waals surface area (Å²) in [5, 5.41) is 2.59. The van der Waals surface area contributed by atoms with Crippen molar-refractivity contribution in [2.75, 3.05) is 0 Å². The Bertz CT molecular complexity index is 3370. The Hall–Kier alpha value is -6.85. The van der Waals surface area contributed by atoms with Gasteiger partial charge in [-0.05, 0) is 41.9 Å². The maximum absolute atomic E-state index is 9.15. The number of hydrogen-bond donors (Lipinski definition) is 0. The number of rotatable bonds is 5. The molecule has 0 saturated carbocycles. The van der Waals surface area contributed by atoms with Crippen molar-refractivity contribution < 1.29 is 16.8 Å². The van der Waals surface area contributed by atoms with Gasteiger partial charge in [0.05, 0.1) is 23.4 Å². The molecule has 10 rings (SSSR count). The lowest BCUT2D eigenvalue weighted by Crippen LogP contribution is -2.01. The molecule has 0 bridgehead atoms. The van der Waals surface area contributed by atoms with Gasteiger partial charge in [0.1, 0.15) is 11.2 Å². The van der Waals surface area contributed by atoms with E-state index in [1.807, 2.05) is 78.9 Å². The molecule has 0 aliphatic rings. The van der Waals surface area contributed by atoms with Crippen LogP contribution < -0.4 is 0 Å². The van der Waals surface area contributed by atoms with Crippen LogP contribution >= 0.6 is 0 Å². The first kappa shape index (κ1) is 20.5. The minimum absolute atomic E-state index is 0.0619. The molecule has 0 saturated heterocycles. The van der Waals surface area contributed by atoms with Crippen molar-refractivity contribution in [1.82, 2.24) is 19.5 Å². The summed E-state index contributed by atoms with van der Waals surface area (Å²) in [5.74, 6) is 1.15. The Morgan fingerprint density at radius 3 is 1.98 bits per heavy atom. The van der Waals surface area contributed by atoms with Gasteiger partial charge in [0, 0.05) is 49.5 Å². The molecule has 10 aromatic rings. The van der Waals surface area contributed by atoms with Crippen molar-refractivity contribution in [3.05, 3.63) is 170 Å². The third-order valence-corrected chi connectivity index (χ3v) is 8.86. The summed E-state index contributed by atoms with van der Waals surface area (Å²) < 4.78 is 86.1. The molecule has 5 nitrogen and oxygen atoms in total. The van der Waals surface area contributed by atoms with Gasteiger partial charge in [0.15, 0.2) is 17.5 Å². The monoisotopic (exact) mass is 649 g/mol. The summed E-state index contributed by atoms with van der Waals surface area (Å²) in [6.07, 6.45) is 0. The van der Waals surface area contributed by atoms with Crippen LogP contribution in [0.3, 0.4) is 0 Å². The highest BCUT2D eigenvalue weighted by molar-refractivity contribution is 6.14. The molecule has 0 amide bonds. The van der Waals surface area contributed by atoms with Crippen LogP contribution in [0.2, 0.25) is 0 Å². The summed E-state index contributed by atoms with van der Waals surface area (Å²) in [5.41, 5.74) is 4.62. The van der Waals surface area contributed by atoms with Gasteiger partial charge < -0.3 is 8.98 Å². The van der Waals surface area contributed by atoms with E-state index < -0.39 is 42.3 Å². The molecular weight excluding hydrogens is 613 g/mol. The van der Waals surface area contributed by atoms with E-state index in [1.165, 1.54) is 0 Å². The molecule has 0 atom stereocenters. The number of fused-ring (bicyclic) bond motifs is 6. The zero-order valence-corrected chi connectivity index (χ0v) is 26.2. The first-order valence-electron chi connectivity index (χ1n) is 20.5. The summed E-state index contributed by atoms with van der Waals surface area (Å²) in [6.45, 7) is 0. The normalized spacial score (nSPS) is 14.1. The van der Waals surface area contributed by atoms with Gasteiger partial charge in [-0.15, -0.1) is 0 Å². The quantitative estimate of drug-likeness (QED) is 0.186. The van der Waals surface area contributed by atoms with E-state index in [0.29, 0.717) is 50.8 Å². The van der Waals surface area contributed by atoms with Crippen molar-refractivity contribution in [1.29, 1.82) is 0 Å². The fourth-order valence-corrected chi connectivity index (χ4v) is 6.61. The van der Waals surface area contributed by atoms with E-state index >= 15 is 0 Å². The molecule has 0 unspecified atom stereocenters. The number of benzene rings is 7. The first-order valence-corrected chi connectivity index (χ1v) is 16.0. The third kappa shape index (κ3) is 4.60. The molecule has 0 fully saturated rings. The largest absolute Gasteiger partial charge is 0.456 e. The van der Waals surface area contributed by atoms with E-state index in [0.717, 1.165) is 21.9 Å². The van der Waals surface area contributed by atoms with Crippen molar-refractivity contribution in [3.8, 4) is 51.0 Å². The second-order valence-corrected chi connectivity index (χ2v) is 11.8. The van der Waals surface area contributed by atoms with E-state index in [9.17, 15) is 0 Å². The lowest BCUT2D eigenvalue weighted by Gasteiger charge is -2.13. The van der Waals surface area contributed by atoms with Crippen molar-refractivity contribution >= 4 is 43.7 Å². The Morgan fingerprint density at radius 1 is 0.460 bits per heavy atom. The molecule has 3 aromatic heterocycles. The van der Waals surface area contributed by atoms with Gasteiger partial charge in [-0.1, -0.05) is 133 Å². The standard InChI is InChI=1S/C45H28N4O/c1-3-13-29(14-4-1)34-21-12-22-38-35-19-7-9-23-39(35)49(42(34)38)33-18-11-17-31(27-33)44-46-43(30-15-5-2-6-16-30)47-45(48-44)32-25-26-37-36-20-8-10-24-40(36)50-41(37)28-32/h1-28H/i1D,3D,4D,7D,9D,13D,14D,19D,23D. The van der Waals surface area contributed by atoms with Gasteiger partial charge in [0.2, 0.25) is 0 Å². The van der Waals surface area contributed by atoms with Crippen molar-refractivity contribution in [2.24, 2.45) is 0 Å². The van der Waals surface area contributed by atoms with Crippen molar-refractivity contribution in [3.63, 3.8) is 0 Å². The van der Waals surface area contributed by atoms with Crippen LogP contribution in [0.1, 0.15) is 12.3 Å². The van der Waals surface area contributed by atoms with Crippen molar-refractivity contribution in [2.45, 2.75) is 0 Å². The molecule has 0 spiro atoms. The van der Waals surface area contributed by atoms with E-state index in [2.05, 4.69) is 0 Å². The summed E-state index contributed by atoms with van der Waals surface area (Å²) in [7, 11) is 0. The maximum atomic E-state index is 9.15. The fraction of sp³-hybridized carbons (Fsp3) is 0. The van der Waals surface area contributed by atoms with Crippen LogP contribution in [-0.2, 0) is 0 Å². The van der Waals surface area contributed by atoms with E-state index in [-0.39, 0.29) is 34.1 Å². The first-order chi connectivity index (χ1) is 28.5. The van der Waals surface area contributed by atoms with Gasteiger partial charge in [-0.3, -0.25) is 0 Å². The zero-order valence-electron chi connectivity index (χ0n) is 35.2. The smallest absolute Gasteiger partial charge is 0.164 e. The molecule has 3 heterocycles. The van der Waals surface area contributed by atoms with Crippen LogP contribution in [0.25, 0.3) is 94.7 Å². The molecule has 0 aliphatic heterocycles. The molecule has 0 aliphatic carbocycles. The molecule has 234 valence electrons. The SMILES string of the molecule is [2H]c1c([2H])c([2H])c(-c2cccc3c4c([2H])c([2H])c([2H])c([2H])c4n(-c4cccc(-c5nc(-c6ccccc6)nc(-c6ccc7c(c6)oc6ccccc67)n5)c4)c23)c([2H])c1[2H]. The van der Waals surface area contributed by atoms with Crippen LogP contribution in [-0.4, -0.2) is 19.5 Å².